The molecule has 1 aliphatic rings. The first kappa shape index (κ1) is 12.0. The van der Waals surface area contributed by atoms with E-state index in [9.17, 15) is 4.79 Å². The van der Waals surface area contributed by atoms with Crippen LogP contribution in [0.25, 0.3) is 0 Å². The molecule has 3 nitrogen and oxygen atoms in total. The van der Waals surface area contributed by atoms with Gasteiger partial charge in [0, 0.05) is 7.11 Å². The molecule has 0 heterocycles. The highest BCUT2D eigenvalue weighted by molar-refractivity contribution is 5.75. The Labute approximate surface area is 90.4 Å². The summed E-state index contributed by atoms with van der Waals surface area (Å²) in [5, 5.41) is 9.14. The minimum atomic E-state index is -0.825. The number of aliphatic carboxylic acids is 1. The summed E-state index contributed by atoms with van der Waals surface area (Å²) in [4.78, 5) is 11.1. The third kappa shape index (κ3) is 2.48. The number of hydrogen-bond acceptors (Lipinski definition) is 2. The van der Waals surface area contributed by atoms with Gasteiger partial charge in [-0.2, -0.15) is 0 Å². The van der Waals surface area contributed by atoms with Crippen molar-refractivity contribution in [3.05, 3.63) is 24.3 Å². The van der Waals surface area contributed by atoms with Crippen LogP contribution in [0.15, 0.2) is 24.3 Å². The lowest BCUT2D eigenvalue weighted by Gasteiger charge is -2.35. The number of carboxylic acid groups (broad SMARTS) is 1. The van der Waals surface area contributed by atoms with E-state index in [1.54, 1.807) is 19.3 Å². The molecule has 0 amide bonds. The van der Waals surface area contributed by atoms with Crippen LogP contribution in [-0.2, 0) is 9.53 Å². The number of rotatable bonds is 5. The van der Waals surface area contributed by atoms with Gasteiger partial charge in [-0.05, 0) is 6.42 Å². The van der Waals surface area contributed by atoms with E-state index in [1.165, 1.54) is 0 Å². The van der Waals surface area contributed by atoms with Crippen LogP contribution in [0.2, 0.25) is 0 Å². The van der Waals surface area contributed by atoms with Gasteiger partial charge in [0.2, 0.25) is 0 Å². The van der Waals surface area contributed by atoms with Crippen LogP contribution < -0.4 is 0 Å². The number of methoxy groups -OCH3 is 1. The summed E-state index contributed by atoms with van der Waals surface area (Å²) in [6, 6.07) is 0. The van der Waals surface area contributed by atoms with Crippen molar-refractivity contribution in [3.8, 4) is 0 Å². The SMILES string of the molecule is CCCCC1(OC)C=CC=CC1C(=O)O. The average molecular weight is 210 g/mol. The van der Waals surface area contributed by atoms with Gasteiger partial charge in [0.05, 0.1) is 0 Å². The van der Waals surface area contributed by atoms with Crippen molar-refractivity contribution in [1.82, 2.24) is 0 Å². The maximum Gasteiger partial charge on any atom is 0.313 e. The second-order valence-corrected chi connectivity index (χ2v) is 3.82. The number of allylic oxidation sites excluding steroid dienone is 2. The van der Waals surface area contributed by atoms with Crippen molar-refractivity contribution >= 4 is 5.97 Å². The molecule has 2 atom stereocenters. The van der Waals surface area contributed by atoms with Crippen LogP contribution in [-0.4, -0.2) is 23.8 Å². The fourth-order valence-corrected chi connectivity index (χ4v) is 1.94. The van der Waals surface area contributed by atoms with E-state index in [0.29, 0.717) is 0 Å². The van der Waals surface area contributed by atoms with Gasteiger partial charge in [0.1, 0.15) is 11.5 Å². The fourth-order valence-electron chi connectivity index (χ4n) is 1.94. The highest BCUT2D eigenvalue weighted by Crippen LogP contribution is 2.33. The van der Waals surface area contributed by atoms with Crippen molar-refractivity contribution in [2.75, 3.05) is 7.11 Å². The Morgan fingerprint density at radius 1 is 1.53 bits per heavy atom. The summed E-state index contributed by atoms with van der Waals surface area (Å²) in [5.41, 5.74) is -0.656. The molecule has 0 radical (unpaired) electrons. The van der Waals surface area contributed by atoms with E-state index < -0.39 is 17.5 Å². The largest absolute Gasteiger partial charge is 0.481 e. The quantitative estimate of drug-likeness (QED) is 0.757. The van der Waals surface area contributed by atoms with Gasteiger partial charge < -0.3 is 9.84 Å². The normalized spacial score (nSPS) is 29.3. The van der Waals surface area contributed by atoms with Gasteiger partial charge in [-0.1, -0.05) is 44.1 Å². The average Bonchev–Trinajstić information content (AvgIpc) is 2.26. The molecule has 0 saturated heterocycles. The molecule has 0 saturated carbocycles. The number of carboxylic acids is 1. The van der Waals surface area contributed by atoms with Crippen molar-refractivity contribution < 1.29 is 14.6 Å². The third-order valence-electron chi connectivity index (χ3n) is 2.89. The Balaban J connectivity index is 2.87. The van der Waals surface area contributed by atoms with E-state index in [1.807, 2.05) is 12.2 Å². The molecule has 0 aromatic carbocycles. The molecule has 1 rings (SSSR count). The fraction of sp³-hybridized carbons (Fsp3) is 0.583. The van der Waals surface area contributed by atoms with Crippen LogP contribution in [0.1, 0.15) is 26.2 Å². The van der Waals surface area contributed by atoms with Crippen molar-refractivity contribution in [2.24, 2.45) is 5.92 Å². The molecular weight excluding hydrogens is 192 g/mol. The number of ether oxygens (including phenoxy) is 1. The Kier molecular flexibility index (Phi) is 4.09. The molecule has 1 aliphatic carbocycles. The standard InChI is InChI=1S/C12H18O3/c1-3-4-8-12(15-2)9-6-5-7-10(12)11(13)14/h5-7,9-10H,3-4,8H2,1-2H3,(H,13,14). The van der Waals surface area contributed by atoms with Crippen LogP contribution >= 0.6 is 0 Å². The Morgan fingerprint density at radius 3 is 2.80 bits per heavy atom. The monoisotopic (exact) mass is 210 g/mol. The molecule has 0 aromatic heterocycles. The topological polar surface area (TPSA) is 46.5 Å². The van der Waals surface area contributed by atoms with Crippen LogP contribution in [0.5, 0.6) is 0 Å². The minimum absolute atomic E-state index is 0.570. The lowest BCUT2D eigenvalue weighted by atomic mass is 9.80. The predicted molar refractivity (Wildman–Crippen MR) is 58.7 cm³/mol. The number of hydrogen-bond donors (Lipinski definition) is 1. The third-order valence-corrected chi connectivity index (χ3v) is 2.89. The summed E-state index contributed by atoms with van der Waals surface area (Å²) in [7, 11) is 1.58. The maximum atomic E-state index is 11.1. The van der Waals surface area contributed by atoms with E-state index in [4.69, 9.17) is 9.84 Å². The molecule has 0 aliphatic heterocycles. The Morgan fingerprint density at radius 2 is 2.27 bits per heavy atom. The van der Waals surface area contributed by atoms with Crippen molar-refractivity contribution in [3.63, 3.8) is 0 Å². The predicted octanol–water partition coefficient (Wildman–Crippen LogP) is 2.39. The zero-order chi connectivity index (χ0) is 11.3. The Bertz CT molecular complexity index is 281. The molecular formula is C12H18O3. The second kappa shape index (κ2) is 5.12. The first-order valence-electron chi connectivity index (χ1n) is 5.30. The van der Waals surface area contributed by atoms with E-state index in [2.05, 4.69) is 6.92 Å². The highest BCUT2D eigenvalue weighted by atomic mass is 16.5. The molecule has 3 heteroatoms. The van der Waals surface area contributed by atoms with Crippen LogP contribution in [0, 0.1) is 5.92 Å². The minimum Gasteiger partial charge on any atom is -0.481 e. The first-order chi connectivity index (χ1) is 7.16. The first-order valence-corrected chi connectivity index (χ1v) is 5.30. The molecule has 1 N–H and O–H groups in total. The lowest BCUT2D eigenvalue weighted by molar-refractivity contribution is -0.148. The Hall–Kier alpha value is -1.09. The summed E-state index contributed by atoms with van der Waals surface area (Å²) in [6.07, 6.45) is 9.94. The molecule has 0 bridgehead atoms. The van der Waals surface area contributed by atoms with Gasteiger partial charge in [0.25, 0.3) is 0 Å². The van der Waals surface area contributed by atoms with Gasteiger partial charge >= 0.3 is 5.97 Å². The molecule has 0 fully saturated rings. The van der Waals surface area contributed by atoms with Gasteiger partial charge in [-0.3, -0.25) is 4.79 Å². The summed E-state index contributed by atoms with van der Waals surface area (Å²) in [5.74, 6) is -1.40. The summed E-state index contributed by atoms with van der Waals surface area (Å²) < 4.78 is 5.44. The van der Waals surface area contributed by atoms with E-state index >= 15 is 0 Å². The lowest BCUT2D eigenvalue weighted by Crippen LogP contribution is -2.42. The molecule has 15 heavy (non-hydrogen) atoms. The summed E-state index contributed by atoms with van der Waals surface area (Å²) >= 11 is 0. The number of unbranched alkanes of at least 4 members (excludes halogenated alkanes) is 1. The van der Waals surface area contributed by atoms with Gasteiger partial charge in [-0.25, -0.2) is 0 Å². The van der Waals surface area contributed by atoms with Crippen LogP contribution in [0.4, 0.5) is 0 Å². The smallest absolute Gasteiger partial charge is 0.313 e. The summed E-state index contributed by atoms with van der Waals surface area (Å²) in [6.45, 7) is 2.08. The molecule has 2 unspecified atom stereocenters. The zero-order valence-electron chi connectivity index (χ0n) is 9.27. The van der Waals surface area contributed by atoms with Crippen molar-refractivity contribution in [2.45, 2.75) is 31.8 Å². The van der Waals surface area contributed by atoms with E-state index in [-0.39, 0.29) is 0 Å². The second-order valence-electron chi connectivity index (χ2n) is 3.82. The maximum absolute atomic E-state index is 11.1. The van der Waals surface area contributed by atoms with Gasteiger partial charge in [0.15, 0.2) is 0 Å². The highest BCUT2D eigenvalue weighted by Gasteiger charge is 2.40. The molecule has 84 valence electrons. The van der Waals surface area contributed by atoms with E-state index in [0.717, 1.165) is 19.3 Å². The van der Waals surface area contributed by atoms with Crippen molar-refractivity contribution in [1.29, 1.82) is 0 Å². The van der Waals surface area contributed by atoms with Gasteiger partial charge in [-0.15, -0.1) is 0 Å². The number of carbonyl (C=O) groups is 1. The molecule has 0 aromatic rings. The zero-order valence-corrected chi connectivity index (χ0v) is 9.27. The molecule has 0 spiro atoms. The van der Waals surface area contributed by atoms with Crippen LogP contribution in [0.3, 0.4) is 0 Å².